The third-order valence-electron chi connectivity index (χ3n) is 3.77. The minimum Gasteiger partial charge on any atom is -0.456 e. The van der Waals surface area contributed by atoms with Gasteiger partial charge in [0.1, 0.15) is 18.8 Å². The Labute approximate surface area is 149 Å². The number of hydrogen-bond acceptors (Lipinski definition) is 7. The van der Waals surface area contributed by atoms with E-state index in [9.17, 15) is 14.0 Å². The number of carbonyl (C=O) groups is 1. The summed E-state index contributed by atoms with van der Waals surface area (Å²) in [6.45, 7) is 2.98. The van der Waals surface area contributed by atoms with Crippen molar-refractivity contribution in [1.29, 1.82) is 0 Å². The smallest absolute Gasteiger partial charge is 0.351 e. The molecule has 0 radical (unpaired) electrons. The van der Waals surface area contributed by atoms with Crippen LogP contribution in [0.1, 0.15) is 26.5 Å². The van der Waals surface area contributed by atoms with E-state index in [0.29, 0.717) is 10.9 Å². The highest BCUT2D eigenvalue weighted by Gasteiger charge is 2.48. The van der Waals surface area contributed by atoms with Crippen LogP contribution in [0.4, 0.5) is 4.39 Å². The third-order valence-corrected chi connectivity index (χ3v) is 4.33. The van der Waals surface area contributed by atoms with E-state index in [4.69, 9.17) is 9.47 Å². The zero-order valence-corrected chi connectivity index (χ0v) is 15.0. The lowest BCUT2D eigenvalue weighted by Gasteiger charge is -2.18. The van der Waals surface area contributed by atoms with E-state index in [1.807, 2.05) is 0 Å². The maximum absolute atomic E-state index is 14.8. The van der Waals surface area contributed by atoms with Crippen LogP contribution in [0, 0.1) is 0 Å². The molecule has 0 amide bonds. The molecule has 11 heteroatoms. The first kappa shape index (κ1) is 17.7. The molecule has 9 nitrogen and oxygen atoms in total. The Morgan fingerprint density at radius 3 is 2.88 bits per heavy atom. The topological polar surface area (TPSA) is 101 Å². The highest BCUT2D eigenvalue weighted by molar-refractivity contribution is 9.10. The maximum atomic E-state index is 14.8. The number of alkyl halides is 1. The van der Waals surface area contributed by atoms with Crippen molar-refractivity contribution in [3.05, 3.63) is 33.8 Å². The monoisotopic (exact) mass is 415 g/mol. The Morgan fingerprint density at radius 2 is 2.28 bits per heavy atom. The molecule has 1 aliphatic heterocycles. The van der Waals surface area contributed by atoms with Crippen molar-refractivity contribution in [2.45, 2.75) is 44.9 Å². The molecule has 1 fully saturated rings. The second kappa shape index (κ2) is 7.00. The third kappa shape index (κ3) is 3.33. The molecule has 2 aromatic heterocycles. The van der Waals surface area contributed by atoms with Gasteiger partial charge in [-0.3, -0.25) is 9.36 Å². The first-order valence-electron chi connectivity index (χ1n) is 7.52. The van der Waals surface area contributed by atoms with E-state index < -0.39 is 36.3 Å². The molecule has 0 bridgehead atoms. The van der Waals surface area contributed by atoms with Crippen LogP contribution in [0.2, 0.25) is 0 Å². The summed E-state index contributed by atoms with van der Waals surface area (Å²) in [5, 5.41) is 3.90. The van der Waals surface area contributed by atoms with Gasteiger partial charge in [-0.2, -0.15) is 10.1 Å². The molecule has 25 heavy (non-hydrogen) atoms. The summed E-state index contributed by atoms with van der Waals surface area (Å²) in [6, 6.07) is 0. The van der Waals surface area contributed by atoms with Crippen molar-refractivity contribution in [3.63, 3.8) is 0 Å². The summed E-state index contributed by atoms with van der Waals surface area (Å²) in [5.74, 6) is -0.390. The highest BCUT2D eigenvalue weighted by Crippen LogP contribution is 2.35. The molecule has 2 aromatic rings. The average molecular weight is 416 g/mol. The molecule has 0 spiro atoms. The Balaban J connectivity index is 1.95. The zero-order chi connectivity index (χ0) is 18.1. The zero-order valence-electron chi connectivity index (χ0n) is 13.4. The maximum Gasteiger partial charge on any atom is 0.351 e. The molecule has 3 rings (SSSR count). The minimum absolute atomic E-state index is 0.218. The molecule has 3 heterocycles. The van der Waals surface area contributed by atoms with Crippen molar-refractivity contribution < 1.29 is 18.7 Å². The fourth-order valence-corrected chi connectivity index (χ4v) is 3.17. The number of rotatable bonds is 4. The van der Waals surface area contributed by atoms with Gasteiger partial charge in [0, 0.05) is 13.1 Å². The van der Waals surface area contributed by atoms with Crippen LogP contribution in [0.15, 0.2) is 28.1 Å². The summed E-state index contributed by atoms with van der Waals surface area (Å²) in [6.07, 6.45) is -0.190. The van der Waals surface area contributed by atoms with Crippen molar-refractivity contribution in [2.75, 3.05) is 0 Å². The van der Waals surface area contributed by atoms with E-state index in [2.05, 4.69) is 31.0 Å². The van der Waals surface area contributed by atoms with Gasteiger partial charge >= 0.3 is 11.7 Å². The number of esters is 1. The predicted molar refractivity (Wildman–Crippen MR) is 85.8 cm³/mol. The Bertz CT molecular complexity index is 827. The SMILES string of the molecule is CC[C@H]1O[C@@H](n2cc(Br)c(-n3cncn3)nc2=O)C(F)[C@H]1OC(C)=O. The number of halogens is 2. The van der Waals surface area contributed by atoms with Crippen LogP contribution >= 0.6 is 15.9 Å². The number of ether oxygens (including phenoxy) is 2. The van der Waals surface area contributed by atoms with Crippen molar-refractivity contribution in [2.24, 2.45) is 0 Å². The summed E-state index contributed by atoms with van der Waals surface area (Å²) >= 11 is 3.28. The van der Waals surface area contributed by atoms with Gasteiger partial charge in [-0.05, 0) is 22.4 Å². The van der Waals surface area contributed by atoms with Crippen LogP contribution in [-0.2, 0) is 14.3 Å². The fraction of sp³-hybridized carbons (Fsp3) is 0.500. The lowest BCUT2D eigenvalue weighted by Crippen LogP contribution is -2.35. The van der Waals surface area contributed by atoms with Crippen LogP contribution in [0.5, 0.6) is 0 Å². The molecule has 0 aromatic carbocycles. The molecule has 0 saturated carbocycles. The van der Waals surface area contributed by atoms with Gasteiger partial charge in [0.05, 0.1) is 4.47 Å². The van der Waals surface area contributed by atoms with Gasteiger partial charge in [-0.15, -0.1) is 0 Å². The number of hydrogen-bond donors (Lipinski definition) is 0. The van der Waals surface area contributed by atoms with E-state index in [1.165, 1.54) is 30.5 Å². The normalized spacial score (nSPS) is 25.9. The van der Waals surface area contributed by atoms with Crippen molar-refractivity contribution in [1.82, 2.24) is 24.3 Å². The number of aromatic nitrogens is 5. The van der Waals surface area contributed by atoms with Crippen molar-refractivity contribution >= 4 is 21.9 Å². The van der Waals surface area contributed by atoms with E-state index >= 15 is 0 Å². The summed E-state index contributed by atoms with van der Waals surface area (Å²) in [7, 11) is 0. The standard InChI is InChI=1S/C14H15BrFN5O4/c1-3-9-11(24-7(2)22)10(16)13(25-9)20-4-8(15)12(19-14(20)23)21-6-17-5-18-21/h4-6,9-11,13H,3H2,1-2H3/t9-,10?,11+,13-/m1/s1. The van der Waals surface area contributed by atoms with Crippen LogP contribution in [0.3, 0.4) is 0 Å². The molecular weight excluding hydrogens is 401 g/mol. The first-order valence-corrected chi connectivity index (χ1v) is 8.32. The lowest BCUT2D eigenvalue weighted by atomic mass is 10.1. The van der Waals surface area contributed by atoms with E-state index in [0.717, 1.165) is 4.57 Å². The summed E-state index contributed by atoms with van der Waals surface area (Å²) < 4.78 is 28.1. The molecular formula is C14H15BrFN5O4. The quantitative estimate of drug-likeness (QED) is 0.690. The van der Waals surface area contributed by atoms with Gasteiger partial charge in [-0.25, -0.2) is 18.9 Å². The highest BCUT2D eigenvalue weighted by atomic mass is 79.9. The molecule has 4 atom stereocenters. The molecule has 0 N–H and O–H groups in total. The van der Waals surface area contributed by atoms with Crippen LogP contribution in [-0.4, -0.2) is 48.7 Å². The lowest BCUT2D eigenvalue weighted by molar-refractivity contribution is -0.151. The molecule has 134 valence electrons. The second-order valence-electron chi connectivity index (χ2n) is 5.43. The van der Waals surface area contributed by atoms with Gasteiger partial charge in [0.15, 0.2) is 24.3 Å². The average Bonchev–Trinajstić information content (AvgIpc) is 3.19. The second-order valence-corrected chi connectivity index (χ2v) is 6.29. The van der Waals surface area contributed by atoms with E-state index in [-0.39, 0.29) is 5.82 Å². The van der Waals surface area contributed by atoms with Gasteiger partial charge < -0.3 is 9.47 Å². The first-order chi connectivity index (χ1) is 11.9. The summed E-state index contributed by atoms with van der Waals surface area (Å²) in [4.78, 5) is 31.2. The number of carbonyl (C=O) groups excluding carboxylic acids is 1. The fourth-order valence-electron chi connectivity index (χ4n) is 2.68. The molecule has 1 unspecified atom stereocenters. The van der Waals surface area contributed by atoms with Gasteiger partial charge in [0.2, 0.25) is 0 Å². The largest absolute Gasteiger partial charge is 0.456 e. The Kier molecular flexibility index (Phi) is 4.95. The summed E-state index contributed by atoms with van der Waals surface area (Å²) in [5.41, 5.74) is -0.723. The minimum atomic E-state index is -1.70. The van der Waals surface area contributed by atoms with Gasteiger partial charge in [0.25, 0.3) is 0 Å². The van der Waals surface area contributed by atoms with Gasteiger partial charge in [-0.1, -0.05) is 6.92 Å². The molecule has 0 aliphatic carbocycles. The van der Waals surface area contributed by atoms with Crippen LogP contribution in [0.25, 0.3) is 5.82 Å². The Hall–Kier alpha value is -2.14. The van der Waals surface area contributed by atoms with Crippen molar-refractivity contribution in [3.8, 4) is 5.82 Å². The molecule has 1 saturated heterocycles. The molecule has 1 aliphatic rings. The van der Waals surface area contributed by atoms with Crippen LogP contribution < -0.4 is 5.69 Å². The number of nitrogens with zero attached hydrogens (tertiary/aromatic N) is 5. The Morgan fingerprint density at radius 1 is 1.52 bits per heavy atom. The predicted octanol–water partition coefficient (Wildman–Crippen LogP) is 1.16. The van der Waals surface area contributed by atoms with E-state index in [1.54, 1.807) is 6.92 Å².